The zero-order valence-corrected chi connectivity index (χ0v) is 17.4. The van der Waals surface area contributed by atoms with E-state index in [0.29, 0.717) is 6.29 Å². The molecule has 0 fully saturated rings. The lowest BCUT2D eigenvalue weighted by Crippen LogP contribution is -2.40. The minimum absolute atomic E-state index is 0.00647. The van der Waals surface area contributed by atoms with E-state index in [4.69, 9.17) is 4.74 Å². The van der Waals surface area contributed by atoms with E-state index in [1.807, 2.05) is 0 Å². The van der Waals surface area contributed by atoms with Gasteiger partial charge < -0.3 is 35.4 Å². The van der Waals surface area contributed by atoms with Crippen LogP contribution in [-0.2, 0) is 5.60 Å². The molecule has 2 unspecified atom stereocenters. The standard InChI is InChI=1S/C24H18O9/c1-8(26)9-3-4-12(28)15-17-18-16(20(29)22(31)21(17)30)14-10(7-25)11(27)5-6-13(14)33-23(18)24(2,32)19(9)15/h3-7,23,27-32H,1-2H3. The van der Waals surface area contributed by atoms with E-state index in [1.54, 1.807) is 0 Å². The van der Waals surface area contributed by atoms with Gasteiger partial charge in [-0.05, 0) is 38.1 Å². The van der Waals surface area contributed by atoms with Gasteiger partial charge in [0.25, 0.3) is 0 Å². The average Bonchev–Trinajstić information content (AvgIpc) is 2.76. The van der Waals surface area contributed by atoms with Crippen molar-refractivity contribution in [1.82, 2.24) is 0 Å². The van der Waals surface area contributed by atoms with Crippen LogP contribution in [0.25, 0.3) is 22.3 Å². The number of Topliss-reactive ketones (excluding diaryl/α,β-unsaturated/α-hetero) is 1. The molecule has 6 N–H and O–H groups in total. The van der Waals surface area contributed by atoms with Crippen molar-refractivity contribution < 1.29 is 45.0 Å². The van der Waals surface area contributed by atoms with Crippen molar-refractivity contribution in [2.75, 3.05) is 0 Å². The van der Waals surface area contributed by atoms with Gasteiger partial charge in [0.15, 0.2) is 29.7 Å². The SMILES string of the molecule is CC(=O)c1ccc(O)c2c1C(C)(O)C1Oc3ccc(O)c(C=O)c3-c3c(O)c(O)c(O)c-2c31. The zero-order valence-electron chi connectivity index (χ0n) is 17.4. The third-order valence-corrected chi connectivity index (χ3v) is 6.35. The molecule has 2 aliphatic rings. The first-order chi connectivity index (χ1) is 15.5. The Morgan fingerprint density at radius 1 is 0.909 bits per heavy atom. The summed E-state index contributed by atoms with van der Waals surface area (Å²) in [5, 5.41) is 64.8. The molecule has 9 nitrogen and oxygen atoms in total. The van der Waals surface area contributed by atoms with Gasteiger partial charge in [0.05, 0.1) is 5.56 Å². The Bertz CT molecular complexity index is 1420. The normalized spacial score (nSPS) is 19.7. The molecule has 0 saturated heterocycles. The Kier molecular flexibility index (Phi) is 4.00. The molecule has 1 aliphatic heterocycles. The van der Waals surface area contributed by atoms with Crippen molar-refractivity contribution in [2.24, 2.45) is 0 Å². The van der Waals surface area contributed by atoms with E-state index in [-0.39, 0.29) is 50.3 Å². The molecule has 0 amide bonds. The number of aliphatic hydroxyl groups is 1. The van der Waals surface area contributed by atoms with Crippen molar-refractivity contribution in [3.05, 3.63) is 46.5 Å². The molecule has 0 saturated carbocycles. The number of rotatable bonds is 2. The number of carbonyl (C=O) groups is 2. The second-order valence-electron chi connectivity index (χ2n) is 8.28. The number of hydrogen-bond donors (Lipinski definition) is 6. The summed E-state index contributed by atoms with van der Waals surface area (Å²) in [5.41, 5.74) is -2.76. The summed E-state index contributed by atoms with van der Waals surface area (Å²) in [4.78, 5) is 24.2. The molecule has 2 atom stereocenters. The number of ether oxygens (including phenoxy) is 1. The molecule has 0 aromatic heterocycles. The number of hydrogen-bond acceptors (Lipinski definition) is 9. The van der Waals surface area contributed by atoms with E-state index in [0.717, 1.165) is 0 Å². The molecule has 5 rings (SSSR count). The highest BCUT2D eigenvalue weighted by atomic mass is 16.5. The highest BCUT2D eigenvalue weighted by Gasteiger charge is 2.52. The van der Waals surface area contributed by atoms with Gasteiger partial charge in [-0.3, -0.25) is 9.59 Å². The van der Waals surface area contributed by atoms with Crippen LogP contribution in [0, 0.1) is 0 Å². The number of carbonyl (C=O) groups excluding carboxylic acids is 2. The van der Waals surface area contributed by atoms with Crippen molar-refractivity contribution in [2.45, 2.75) is 25.6 Å². The van der Waals surface area contributed by atoms with Crippen molar-refractivity contribution in [1.29, 1.82) is 0 Å². The maximum Gasteiger partial charge on any atom is 0.201 e. The highest BCUT2D eigenvalue weighted by Crippen LogP contribution is 2.65. The molecule has 0 bridgehead atoms. The first-order valence-electron chi connectivity index (χ1n) is 9.91. The summed E-state index contributed by atoms with van der Waals surface area (Å²) in [6.45, 7) is 2.62. The maximum absolute atomic E-state index is 12.4. The van der Waals surface area contributed by atoms with Crippen LogP contribution < -0.4 is 4.74 Å². The van der Waals surface area contributed by atoms with Crippen LogP contribution in [0.1, 0.15) is 51.8 Å². The molecule has 9 heteroatoms. The first-order valence-corrected chi connectivity index (χ1v) is 9.91. The van der Waals surface area contributed by atoms with Crippen molar-refractivity contribution in [3.8, 4) is 56.8 Å². The predicted octanol–water partition coefficient (Wildman–Crippen LogP) is 3.22. The number of phenolic OH excluding ortho intramolecular Hbond substituents is 5. The average molecular weight is 450 g/mol. The summed E-state index contributed by atoms with van der Waals surface area (Å²) < 4.78 is 6.02. The Balaban J connectivity index is 2.06. The summed E-state index contributed by atoms with van der Waals surface area (Å²) in [6.07, 6.45) is -0.989. The number of ketones is 1. The fourth-order valence-corrected chi connectivity index (χ4v) is 4.94. The van der Waals surface area contributed by atoms with Gasteiger partial charge in [0.1, 0.15) is 22.8 Å². The fraction of sp³-hybridized carbons (Fsp3) is 0.167. The van der Waals surface area contributed by atoms with E-state index in [1.165, 1.54) is 38.1 Å². The minimum atomic E-state index is -1.97. The Labute approximate surface area is 186 Å². The molecule has 3 aromatic rings. The van der Waals surface area contributed by atoms with Crippen LogP contribution in [0.2, 0.25) is 0 Å². The predicted molar refractivity (Wildman–Crippen MR) is 114 cm³/mol. The molecule has 0 spiro atoms. The highest BCUT2D eigenvalue weighted by molar-refractivity contribution is 6.05. The number of fused-ring (bicyclic) bond motifs is 4. The molecular weight excluding hydrogens is 432 g/mol. The van der Waals surface area contributed by atoms with E-state index in [9.17, 15) is 40.2 Å². The number of aromatic hydroxyl groups is 5. The first kappa shape index (κ1) is 20.7. The summed E-state index contributed by atoms with van der Waals surface area (Å²) in [6, 6.07) is 5.06. The Hall–Kier alpha value is -4.24. The molecule has 168 valence electrons. The lowest BCUT2D eigenvalue weighted by molar-refractivity contribution is -0.0584. The summed E-state index contributed by atoms with van der Waals surface area (Å²) in [7, 11) is 0. The van der Waals surface area contributed by atoms with Gasteiger partial charge in [0.2, 0.25) is 5.75 Å². The van der Waals surface area contributed by atoms with Crippen molar-refractivity contribution in [3.63, 3.8) is 0 Å². The molecule has 33 heavy (non-hydrogen) atoms. The lowest BCUT2D eigenvalue weighted by Gasteiger charge is -2.44. The lowest BCUT2D eigenvalue weighted by atomic mass is 9.68. The van der Waals surface area contributed by atoms with Crippen molar-refractivity contribution >= 4 is 12.1 Å². The van der Waals surface area contributed by atoms with Gasteiger partial charge >= 0.3 is 0 Å². The Morgan fingerprint density at radius 3 is 2.12 bits per heavy atom. The monoisotopic (exact) mass is 450 g/mol. The number of phenols is 5. The second-order valence-corrected chi connectivity index (χ2v) is 8.28. The van der Waals surface area contributed by atoms with Crippen LogP contribution >= 0.6 is 0 Å². The molecule has 0 radical (unpaired) electrons. The number of benzene rings is 3. The summed E-state index contributed by atoms with van der Waals surface area (Å²) in [5.74, 6) is -3.82. The van der Waals surface area contributed by atoms with Gasteiger partial charge in [-0.2, -0.15) is 0 Å². The second kappa shape index (κ2) is 6.39. The van der Waals surface area contributed by atoms with Crippen LogP contribution in [0.4, 0.5) is 0 Å². The third-order valence-electron chi connectivity index (χ3n) is 6.35. The van der Waals surface area contributed by atoms with E-state index < -0.39 is 46.2 Å². The molecule has 3 aromatic carbocycles. The molecule has 1 heterocycles. The van der Waals surface area contributed by atoms with Gasteiger partial charge in [-0.1, -0.05) is 0 Å². The third kappa shape index (κ3) is 2.39. The van der Waals surface area contributed by atoms with Gasteiger partial charge in [0, 0.05) is 38.9 Å². The largest absolute Gasteiger partial charge is 0.507 e. The van der Waals surface area contributed by atoms with Gasteiger partial charge in [-0.15, -0.1) is 0 Å². The van der Waals surface area contributed by atoms with E-state index in [2.05, 4.69) is 0 Å². The fourth-order valence-electron chi connectivity index (χ4n) is 4.94. The smallest absolute Gasteiger partial charge is 0.201 e. The Morgan fingerprint density at radius 2 is 1.52 bits per heavy atom. The molecule has 1 aliphatic carbocycles. The topological polar surface area (TPSA) is 165 Å². The summed E-state index contributed by atoms with van der Waals surface area (Å²) >= 11 is 0. The van der Waals surface area contributed by atoms with E-state index >= 15 is 0 Å². The minimum Gasteiger partial charge on any atom is -0.507 e. The van der Waals surface area contributed by atoms with Crippen LogP contribution in [-0.4, -0.2) is 42.7 Å². The zero-order chi connectivity index (χ0) is 24.0. The number of aldehydes is 1. The molecular formula is C24H18O9. The maximum atomic E-state index is 12.4. The van der Waals surface area contributed by atoms with Crippen LogP contribution in [0.5, 0.6) is 34.5 Å². The van der Waals surface area contributed by atoms with Crippen LogP contribution in [0.15, 0.2) is 24.3 Å². The van der Waals surface area contributed by atoms with Gasteiger partial charge in [-0.25, -0.2) is 0 Å². The van der Waals surface area contributed by atoms with Crippen LogP contribution in [0.3, 0.4) is 0 Å². The quantitative estimate of drug-likeness (QED) is 0.195.